The van der Waals surface area contributed by atoms with Crippen LogP contribution in [0.1, 0.15) is 10.4 Å². The summed E-state index contributed by atoms with van der Waals surface area (Å²) in [5, 5.41) is 9.71. The maximum atomic E-state index is 13.2. The van der Waals surface area contributed by atoms with Crippen LogP contribution in [0.15, 0.2) is 41.1 Å². The van der Waals surface area contributed by atoms with Gasteiger partial charge in [0.05, 0.1) is 22.4 Å². The molecule has 1 aromatic heterocycles. The van der Waals surface area contributed by atoms with Gasteiger partial charge in [-0.2, -0.15) is 10.2 Å². The fourth-order valence-corrected chi connectivity index (χ4v) is 1.45. The van der Waals surface area contributed by atoms with Gasteiger partial charge in [0.15, 0.2) is 0 Å². The van der Waals surface area contributed by atoms with Crippen LogP contribution in [0.5, 0.6) is 0 Å². The molecule has 0 aliphatic rings. The molecule has 0 saturated carbocycles. The second-order valence-corrected chi connectivity index (χ2v) is 4.07. The van der Waals surface area contributed by atoms with Crippen LogP contribution in [-0.2, 0) is 0 Å². The zero-order valence-corrected chi connectivity index (χ0v) is 10.1. The Balaban J connectivity index is 2.16. The molecule has 0 aliphatic carbocycles. The molecule has 0 spiro atoms. The third kappa shape index (κ3) is 2.85. The summed E-state index contributed by atoms with van der Waals surface area (Å²) in [6.07, 6.45) is 2.75. The zero-order valence-electron chi connectivity index (χ0n) is 8.52. The van der Waals surface area contributed by atoms with Gasteiger partial charge in [-0.3, -0.25) is 4.79 Å². The molecule has 17 heavy (non-hydrogen) atoms. The van der Waals surface area contributed by atoms with Crippen LogP contribution >= 0.6 is 15.9 Å². The molecule has 1 heterocycles. The minimum absolute atomic E-state index is 0.348. The lowest BCUT2D eigenvalue weighted by Crippen LogP contribution is -2.12. The second-order valence-electron chi connectivity index (χ2n) is 3.21. The number of aromatic nitrogens is 2. The fourth-order valence-electron chi connectivity index (χ4n) is 1.20. The highest BCUT2D eigenvalue weighted by Crippen LogP contribution is 2.19. The number of halogens is 2. The number of hydrogen-bond acceptors (Lipinski definition) is 3. The molecule has 0 fully saturated rings. The highest BCUT2D eigenvalue weighted by molar-refractivity contribution is 9.10. The lowest BCUT2D eigenvalue weighted by Gasteiger charge is -2.05. The molecule has 1 N–H and O–H groups in total. The summed E-state index contributed by atoms with van der Waals surface area (Å²) in [6.45, 7) is 0. The van der Waals surface area contributed by atoms with Gasteiger partial charge in [0.25, 0.3) is 5.91 Å². The molecule has 0 unspecified atom stereocenters. The molecule has 0 aliphatic heterocycles. The van der Waals surface area contributed by atoms with Crippen molar-refractivity contribution in [1.82, 2.24) is 10.2 Å². The lowest BCUT2D eigenvalue weighted by atomic mass is 10.2. The molecule has 4 nitrogen and oxygen atoms in total. The number of nitrogens with one attached hydrogen (secondary N) is 1. The summed E-state index contributed by atoms with van der Waals surface area (Å²) in [5.74, 6) is -0.794. The molecule has 2 aromatic rings. The normalized spacial score (nSPS) is 10.0. The van der Waals surface area contributed by atoms with Gasteiger partial charge in [-0.05, 0) is 40.2 Å². The van der Waals surface area contributed by atoms with Gasteiger partial charge in [-0.1, -0.05) is 0 Å². The van der Waals surface area contributed by atoms with E-state index in [-0.39, 0.29) is 5.91 Å². The number of carbonyl (C=O) groups is 1. The van der Waals surface area contributed by atoms with Gasteiger partial charge >= 0.3 is 0 Å². The van der Waals surface area contributed by atoms with E-state index in [0.717, 1.165) is 0 Å². The first-order valence-corrected chi connectivity index (χ1v) is 5.49. The van der Waals surface area contributed by atoms with Crippen LogP contribution in [0.4, 0.5) is 10.1 Å². The quantitative estimate of drug-likeness (QED) is 0.927. The van der Waals surface area contributed by atoms with Gasteiger partial charge in [-0.15, -0.1) is 0 Å². The van der Waals surface area contributed by atoms with Crippen molar-refractivity contribution in [2.24, 2.45) is 0 Å². The van der Waals surface area contributed by atoms with Crippen LogP contribution < -0.4 is 5.32 Å². The minimum Gasteiger partial charge on any atom is -0.322 e. The van der Waals surface area contributed by atoms with Crippen molar-refractivity contribution in [3.05, 3.63) is 52.5 Å². The number of benzene rings is 1. The van der Waals surface area contributed by atoms with Gasteiger partial charge in [0, 0.05) is 5.69 Å². The van der Waals surface area contributed by atoms with Crippen molar-refractivity contribution >= 4 is 27.5 Å². The summed E-state index contributed by atoms with van der Waals surface area (Å²) in [7, 11) is 0. The highest BCUT2D eigenvalue weighted by atomic mass is 79.9. The van der Waals surface area contributed by atoms with Gasteiger partial charge in [0.1, 0.15) is 5.82 Å². The summed E-state index contributed by atoms with van der Waals surface area (Å²) >= 11 is 3.03. The maximum Gasteiger partial charge on any atom is 0.257 e. The van der Waals surface area contributed by atoms with Crippen LogP contribution in [0.3, 0.4) is 0 Å². The first-order valence-electron chi connectivity index (χ1n) is 4.70. The van der Waals surface area contributed by atoms with Crippen LogP contribution in [0.25, 0.3) is 0 Å². The van der Waals surface area contributed by atoms with Crippen molar-refractivity contribution < 1.29 is 9.18 Å². The van der Waals surface area contributed by atoms with Gasteiger partial charge < -0.3 is 5.32 Å². The third-order valence-electron chi connectivity index (χ3n) is 2.02. The molecule has 0 radical (unpaired) electrons. The van der Waals surface area contributed by atoms with Gasteiger partial charge in [0.2, 0.25) is 0 Å². The van der Waals surface area contributed by atoms with E-state index in [9.17, 15) is 9.18 Å². The molecule has 0 atom stereocenters. The van der Waals surface area contributed by atoms with Crippen LogP contribution in [-0.4, -0.2) is 16.1 Å². The lowest BCUT2D eigenvalue weighted by molar-refractivity contribution is 0.102. The topological polar surface area (TPSA) is 54.9 Å². The van der Waals surface area contributed by atoms with E-state index in [1.165, 1.54) is 30.6 Å². The first-order chi connectivity index (χ1) is 8.16. The Morgan fingerprint density at radius 2 is 2.12 bits per heavy atom. The standard InChI is InChI=1S/C11H7BrFN3O/c12-9-2-1-8(5-10(9)13)16-11(17)7-3-4-14-15-6-7/h1-6H,(H,16,17). The monoisotopic (exact) mass is 295 g/mol. The SMILES string of the molecule is O=C(Nc1ccc(Br)c(F)c1)c1ccnnc1. The summed E-state index contributed by atoms with van der Waals surface area (Å²) < 4.78 is 13.6. The van der Waals surface area contributed by atoms with Crippen molar-refractivity contribution in [2.75, 3.05) is 5.32 Å². The molecular formula is C11H7BrFN3O. The summed E-state index contributed by atoms with van der Waals surface area (Å²) in [5.41, 5.74) is 0.746. The number of carbonyl (C=O) groups excluding carboxylic acids is 1. The molecule has 1 amide bonds. The average molecular weight is 296 g/mol. The van der Waals surface area contributed by atoms with E-state index in [1.54, 1.807) is 6.07 Å². The van der Waals surface area contributed by atoms with E-state index in [4.69, 9.17) is 0 Å². The number of amides is 1. The van der Waals surface area contributed by atoms with E-state index in [2.05, 4.69) is 31.4 Å². The Bertz CT molecular complexity index is 548. The molecule has 0 saturated heterocycles. The Kier molecular flexibility index (Phi) is 3.43. The average Bonchev–Trinajstić information content (AvgIpc) is 2.35. The molecule has 0 bridgehead atoms. The smallest absolute Gasteiger partial charge is 0.257 e. The molecule has 1 aromatic carbocycles. The van der Waals surface area contributed by atoms with E-state index in [0.29, 0.717) is 15.7 Å². The van der Waals surface area contributed by atoms with Crippen LogP contribution in [0, 0.1) is 5.82 Å². The maximum absolute atomic E-state index is 13.2. The number of hydrogen-bond donors (Lipinski definition) is 1. The highest BCUT2D eigenvalue weighted by Gasteiger charge is 2.07. The van der Waals surface area contributed by atoms with Crippen molar-refractivity contribution in [2.45, 2.75) is 0 Å². The molecular weight excluding hydrogens is 289 g/mol. The first kappa shape index (κ1) is 11.7. The van der Waals surface area contributed by atoms with E-state index in [1.807, 2.05) is 0 Å². The fraction of sp³-hybridized carbons (Fsp3) is 0. The van der Waals surface area contributed by atoms with Crippen molar-refractivity contribution in [3.63, 3.8) is 0 Å². The Hall–Kier alpha value is -1.82. The number of nitrogens with zero attached hydrogens (tertiary/aromatic N) is 2. The summed E-state index contributed by atoms with van der Waals surface area (Å²) in [6, 6.07) is 5.88. The Morgan fingerprint density at radius 1 is 1.29 bits per heavy atom. The number of rotatable bonds is 2. The largest absolute Gasteiger partial charge is 0.322 e. The summed E-state index contributed by atoms with van der Waals surface area (Å²) in [4.78, 5) is 11.7. The van der Waals surface area contributed by atoms with Crippen molar-refractivity contribution in [3.8, 4) is 0 Å². The minimum atomic E-state index is -0.435. The predicted octanol–water partition coefficient (Wildman–Crippen LogP) is 2.63. The van der Waals surface area contributed by atoms with E-state index >= 15 is 0 Å². The predicted molar refractivity (Wildman–Crippen MR) is 64.1 cm³/mol. The third-order valence-corrected chi connectivity index (χ3v) is 2.67. The van der Waals surface area contributed by atoms with Crippen molar-refractivity contribution in [1.29, 1.82) is 0 Å². The van der Waals surface area contributed by atoms with Gasteiger partial charge in [-0.25, -0.2) is 4.39 Å². The molecule has 6 heteroatoms. The molecule has 2 rings (SSSR count). The Labute approximate surface area is 105 Å². The van der Waals surface area contributed by atoms with Crippen LogP contribution in [0.2, 0.25) is 0 Å². The number of anilines is 1. The Morgan fingerprint density at radius 3 is 2.76 bits per heavy atom. The van der Waals surface area contributed by atoms with E-state index < -0.39 is 5.82 Å². The molecule has 86 valence electrons. The second kappa shape index (κ2) is 5.01. The zero-order chi connectivity index (χ0) is 12.3.